The second-order valence-corrected chi connectivity index (χ2v) is 5.10. The number of aryl methyl sites for hydroxylation is 1. The predicted molar refractivity (Wildman–Crippen MR) is 75.9 cm³/mol. The molecule has 0 atom stereocenters. The number of aromatic amines is 1. The van der Waals surface area contributed by atoms with E-state index in [2.05, 4.69) is 20.5 Å². The van der Waals surface area contributed by atoms with Gasteiger partial charge in [0.1, 0.15) is 6.33 Å². The number of carbonyl (C=O) groups is 1. The van der Waals surface area contributed by atoms with E-state index in [0.29, 0.717) is 17.9 Å². The molecule has 0 spiro atoms. The van der Waals surface area contributed by atoms with Crippen LogP contribution in [0.2, 0.25) is 0 Å². The van der Waals surface area contributed by atoms with Crippen LogP contribution < -0.4 is 11.1 Å². The zero-order chi connectivity index (χ0) is 13.7. The molecule has 19 heavy (non-hydrogen) atoms. The van der Waals surface area contributed by atoms with Gasteiger partial charge in [0.25, 0.3) is 0 Å². The number of hydrogen-bond acceptors (Lipinski definition) is 5. The number of amides is 1. The smallest absolute Gasteiger partial charge is 0.225 e. The van der Waals surface area contributed by atoms with Crippen molar-refractivity contribution in [3.8, 4) is 0 Å². The van der Waals surface area contributed by atoms with Crippen LogP contribution in [0.15, 0.2) is 29.7 Å². The van der Waals surface area contributed by atoms with E-state index >= 15 is 0 Å². The number of nitrogens with one attached hydrogen (secondary N) is 2. The number of hydrogen-bond donors (Lipinski definition) is 3. The van der Waals surface area contributed by atoms with Gasteiger partial charge in [0.15, 0.2) is 5.16 Å². The zero-order valence-corrected chi connectivity index (χ0v) is 11.3. The largest absolute Gasteiger partial charge is 0.399 e. The zero-order valence-electron chi connectivity index (χ0n) is 10.5. The molecule has 0 unspecified atom stereocenters. The highest BCUT2D eigenvalue weighted by Gasteiger charge is 2.06. The second kappa shape index (κ2) is 6.24. The molecule has 100 valence electrons. The molecule has 0 saturated carbocycles. The maximum atomic E-state index is 11.8. The van der Waals surface area contributed by atoms with Crippen LogP contribution in [0.4, 0.5) is 11.4 Å². The molecular weight excluding hydrogens is 262 g/mol. The van der Waals surface area contributed by atoms with E-state index in [0.717, 1.165) is 16.4 Å². The molecule has 0 bridgehead atoms. The van der Waals surface area contributed by atoms with E-state index in [1.54, 1.807) is 6.07 Å². The molecule has 0 saturated heterocycles. The summed E-state index contributed by atoms with van der Waals surface area (Å²) in [5.74, 6) is 0.620. The summed E-state index contributed by atoms with van der Waals surface area (Å²) in [6.45, 7) is 1.91. The number of rotatable bonds is 5. The molecule has 0 aliphatic rings. The lowest BCUT2D eigenvalue weighted by Crippen LogP contribution is -2.13. The number of H-pyrrole nitrogens is 1. The van der Waals surface area contributed by atoms with E-state index in [1.807, 2.05) is 19.1 Å². The third-order valence-corrected chi connectivity index (χ3v) is 3.36. The van der Waals surface area contributed by atoms with Gasteiger partial charge in [-0.25, -0.2) is 4.98 Å². The molecule has 1 amide bonds. The summed E-state index contributed by atoms with van der Waals surface area (Å²) in [5.41, 5.74) is 8.10. The molecule has 2 rings (SSSR count). The van der Waals surface area contributed by atoms with Crippen molar-refractivity contribution in [1.29, 1.82) is 0 Å². The molecule has 1 aromatic heterocycles. The first-order valence-corrected chi connectivity index (χ1v) is 6.78. The molecule has 7 heteroatoms. The molecule has 1 aromatic carbocycles. The van der Waals surface area contributed by atoms with Gasteiger partial charge in [-0.1, -0.05) is 11.8 Å². The molecule has 6 nitrogen and oxygen atoms in total. The van der Waals surface area contributed by atoms with Gasteiger partial charge in [-0.05, 0) is 30.7 Å². The fraction of sp³-hybridized carbons (Fsp3) is 0.250. The molecule has 0 aliphatic carbocycles. The maximum absolute atomic E-state index is 11.8. The Morgan fingerprint density at radius 2 is 2.37 bits per heavy atom. The first-order chi connectivity index (χ1) is 9.15. The van der Waals surface area contributed by atoms with Crippen molar-refractivity contribution in [3.05, 3.63) is 30.1 Å². The van der Waals surface area contributed by atoms with Gasteiger partial charge in [-0.3, -0.25) is 9.89 Å². The van der Waals surface area contributed by atoms with Crippen molar-refractivity contribution in [3.63, 3.8) is 0 Å². The van der Waals surface area contributed by atoms with Crippen LogP contribution in [-0.2, 0) is 4.79 Å². The number of nitrogens with two attached hydrogens (primary N) is 1. The standard InChI is InChI=1S/C12H15N5OS/c1-8-6-9(13)2-3-10(8)16-11(18)4-5-19-12-14-7-15-17-12/h2-3,6-7H,4-5,13H2,1H3,(H,16,18)(H,14,15,17). The third-order valence-electron chi connectivity index (χ3n) is 2.49. The van der Waals surface area contributed by atoms with Crippen molar-refractivity contribution in [2.45, 2.75) is 18.5 Å². The number of nitrogen functional groups attached to an aromatic ring is 1. The van der Waals surface area contributed by atoms with Crippen LogP contribution in [0.25, 0.3) is 0 Å². The Hall–Kier alpha value is -2.02. The first kappa shape index (κ1) is 13.4. The number of aromatic nitrogens is 3. The molecule has 2 aromatic rings. The van der Waals surface area contributed by atoms with Crippen LogP contribution in [0.5, 0.6) is 0 Å². The Balaban J connectivity index is 1.80. The van der Waals surface area contributed by atoms with Gasteiger partial charge in [-0.15, -0.1) is 0 Å². The minimum absolute atomic E-state index is 0.0279. The minimum Gasteiger partial charge on any atom is -0.399 e. The lowest BCUT2D eigenvalue weighted by Gasteiger charge is -2.08. The molecule has 0 aliphatic heterocycles. The summed E-state index contributed by atoms with van der Waals surface area (Å²) in [5, 5.41) is 10.1. The number of anilines is 2. The van der Waals surface area contributed by atoms with E-state index in [-0.39, 0.29) is 5.91 Å². The summed E-state index contributed by atoms with van der Waals surface area (Å²) in [6, 6.07) is 5.41. The van der Waals surface area contributed by atoms with Crippen LogP contribution in [0, 0.1) is 6.92 Å². The Bertz CT molecular complexity index is 555. The van der Waals surface area contributed by atoms with Gasteiger partial charge in [0.2, 0.25) is 5.91 Å². The van der Waals surface area contributed by atoms with Crippen molar-refractivity contribution in [2.75, 3.05) is 16.8 Å². The minimum atomic E-state index is -0.0279. The van der Waals surface area contributed by atoms with E-state index in [4.69, 9.17) is 5.73 Å². The second-order valence-electron chi connectivity index (χ2n) is 4.01. The van der Waals surface area contributed by atoms with E-state index in [9.17, 15) is 4.79 Å². The highest BCUT2D eigenvalue weighted by molar-refractivity contribution is 7.99. The fourth-order valence-corrected chi connectivity index (χ4v) is 2.26. The number of carbonyl (C=O) groups excluding carboxylic acids is 1. The Labute approximate surface area is 115 Å². The summed E-state index contributed by atoms with van der Waals surface area (Å²) in [4.78, 5) is 15.7. The Morgan fingerprint density at radius 3 is 3.05 bits per heavy atom. The monoisotopic (exact) mass is 277 g/mol. The third kappa shape index (κ3) is 3.99. The molecular formula is C12H15N5OS. The Kier molecular flexibility index (Phi) is 4.40. The first-order valence-electron chi connectivity index (χ1n) is 5.79. The van der Waals surface area contributed by atoms with E-state index in [1.165, 1.54) is 18.1 Å². The Morgan fingerprint density at radius 1 is 1.53 bits per heavy atom. The maximum Gasteiger partial charge on any atom is 0.225 e. The van der Waals surface area contributed by atoms with Crippen LogP contribution in [0.1, 0.15) is 12.0 Å². The van der Waals surface area contributed by atoms with Crippen molar-refractivity contribution >= 4 is 29.0 Å². The number of thioether (sulfide) groups is 1. The SMILES string of the molecule is Cc1cc(N)ccc1NC(=O)CCSc1ncn[nH]1. The predicted octanol–water partition coefficient (Wildman–Crippen LogP) is 1.82. The van der Waals surface area contributed by atoms with Gasteiger partial charge in [0.05, 0.1) is 0 Å². The number of nitrogens with zero attached hydrogens (tertiary/aromatic N) is 2. The van der Waals surface area contributed by atoms with Crippen molar-refractivity contribution in [2.24, 2.45) is 0 Å². The normalized spacial score (nSPS) is 10.4. The van der Waals surface area contributed by atoms with Crippen LogP contribution in [0.3, 0.4) is 0 Å². The van der Waals surface area contributed by atoms with Crippen LogP contribution >= 0.6 is 11.8 Å². The number of benzene rings is 1. The van der Waals surface area contributed by atoms with Crippen molar-refractivity contribution < 1.29 is 4.79 Å². The summed E-state index contributed by atoms with van der Waals surface area (Å²) in [7, 11) is 0. The molecule has 1 heterocycles. The highest BCUT2D eigenvalue weighted by atomic mass is 32.2. The van der Waals surface area contributed by atoms with Gasteiger partial charge in [0, 0.05) is 23.5 Å². The average molecular weight is 277 g/mol. The van der Waals surface area contributed by atoms with E-state index < -0.39 is 0 Å². The summed E-state index contributed by atoms with van der Waals surface area (Å²) in [6.07, 6.45) is 1.86. The van der Waals surface area contributed by atoms with Gasteiger partial charge < -0.3 is 11.1 Å². The lowest BCUT2D eigenvalue weighted by atomic mass is 10.2. The van der Waals surface area contributed by atoms with Gasteiger partial charge in [-0.2, -0.15) is 5.10 Å². The highest BCUT2D eigenvalue weighted by Crippen LogP contribution is 2.18. The quantitative estimate of drug-likeness (QED) is 0.572. The van der Waals surface area contributed by atoms with Gasteiger partial charge >= 0.3 is 0 Å². The van der Waals surface area contributed by atoms with Crippen molar-refractivity contribution in [1.82, 2.24) is 15.2 Å². The summed E-state index contributed by atoms with van der Waals surface area (Å²) >= 11 is 1.46. The molecule has 0 fully saturated rings. The average Bonchev–Trinajstić information content (AvgIpc) is 2.86. The molecule has 0 radical (unpaired) electrons. The topological polar surface area (TPSA) is 96.7 Å². The molecule has 4 N–H and O–H groups in total. The lowest BCUT2D eigenvalue weighted by molar-refractivity contribution is -0.115. The summed E-state index contributed by atoms with van der Waals surface area (Å²) < 4.78 is 0. The van der Waals surface area contributed by atoms with Crippen LogP contribution in [-0.4, -0.2) is 26.8 Å². The fourth-order valence-electron chi connectivity index (χ4n) is 1.54.